The maximum absolute atomic E-state index is 5.47. The van der Waals surface area contributed by atoms with Crippen LogP contribution in [0.2, 0.25) is 0 Å². The highest BCUT2D eigenvalue weighted by atomic mass is 32.1. The van der Waals surface area contributed by atoms with E-state index in [4.69, 9.17) is 5.84 Å². The molecule has 2 heterocycles. The third-order valence-electron chi connectivity index (χ3n) is 3.09. The molecule has 0 fully saturated rings. The number of hydrazine groups is 1. The maximum Gasteiger partial charge on any atom is 0.240 e. The molecule has 3 N–H and O–H groups in total. The van der Waals surface area contributed by atoms with E-state index in [9.17, 15) is 0 Å². The molecule has 5 nitrogen and oxygen atoms in total. The molecule has 0 radical (unpaired) electrons. The molecule has 0 spiro atoms. The number of nitrogen functional groups attached to an aromatic ring is 1. The Morgan fingerprint density at radius 3 is 2.65 bits per heavy atom. The highest BCUT2D eigenvalue weighted by Gasteiger charge is 2.14. The lowest BCUT2D eigenvalue weighted by Crippen LogP contribution is -2.15. The molecule has 2 aromatic heterocycles. The monoisotopic (exact) mass is 285 g/mol. The molecule has 102 valence electrons. The van der Waals surface area contributed by atoms with E-state index < -0.39 is 0 Å². The largest absolute Gasteiger partial charge is 0.329 e. The first-order valence-electron chi connectivity index (χ1n) is 6.22. The Bertz CT molecular complexity index is 738. The summed E-state index contributed by atoms with van der Waals surface area (Å²) in [4.78, 5) is 13.1. The van der Waals surface area contributed by atoms with Crippen LogP contribution in [-0.4, -0.2) is 17.0 Å². The predicted octanol–water partition coefficient (Wildman–Crippen LogP) is 3.05. The van der Waals surface area contributed by atoms with Gasteiger partial charge in [0.15, 0.2) is 0 Å². The Hall–Kier alpha value is -2.18. The number of thiophene rings is 1. The van der Waals surface area contributed by atoms with Gasteiger partial charge in [-0.05, 0) is 25.1 Å². The summed E-state index contributed by atoms with van der Waals surface area (Å²) >= 11 is 1.64. The van der Waals surface area contributed by atoms with Gasteiger partial charge in [0.25, 0.3) is 0 Å². The molecule has 0 aliphatic heterocycles. The fourth-order valence-electron chi connectivity index (χ4n) is 2.12. The molecule has 3 aromatic rings. The van der Waals surface area contributed by atoms with E-state index in [2.05, 4.69) is 28.4 Å². The lowest BCUT2D eigenvalue weighted by Gasteiger charge is -2.19. The van der Waals surface area contributed by atoms with Crippen LogP contribution in [0.4, 0.5) is 17.5 Å². The molecule has 0 saturated carbocycles. The predicted molar refractivity (Wildman–Crippen MR) is 84.5 cm³/mol. The molecule has 0 aliphatic carbocycles. The maximum atomic E-state index is 5.47. The number of nitrogens with two attached hydrogens (primary N) is 1. The number of nitrogens with zero attached hydrogens (tertiary/aromatic N) is 3. The van der Waals surface area contributed by atoms with Crippen LogP contribution in [0.1, 0.15) is 4.88 Å². The van der Waals surface area contributed by atoms with Gasteiger partial charge in [0, 0.05) is 17.6 Å². The Morgan fingerprint density at radius 1 is 1.20 bits per heavy atom. The molecule has 0 saturated heterocycles. The minimum atomic E-state index is 0.428. The number of para-hydroxylation sites is 1. The number of hydrogen-bond acceptors (Lipinski definition) is 6. The van der Waals surface area contributed by atoms with Crippen molar-refractivity contribution in [3.05, 3.63) is 41.3 Å². The molecule has 0 atom stereocenters. The van der Waals surface area contributed by atoms with E-state index in [1.807, 2.05) is 42.3 Å². The van der Waals surface area contributed by atoms with Crippen LogP contribution in [0.3, 0.4) is 0 Å². The number of hydrogen-bond donors (Lipinski definition) is 2. The van der Waals surface area contributed by atoms with Gasteiger partial charge in [-0.25, -0.2) is 10.8 Å². The molecule has 20 heavy (non-hydrogen) atoms. The van der Waals surface area contributed by atoms with E-state index in [0.29, 0.717) is 5.95 Å². The highest BCUT2D eigenvalue weighted by Crippen LogP contribution is 2.33. The fourth-order valence-corrected chi connectivity index (χ4v) is 3.00. The van der Waals surface area contributed by atoms with Gasteiger partial charge in [0.05, 0.1) is 5.39 Å². The Morgan fingerprint density at radius 2 is 1.95 bits per heavy atom. The van der Waals surface area contributed by atoms with Crippen LogP contribution in [0, 0.1) is 6.92 Å². The summed E-state index contributed by atoms with van der Waals surface area (Å²) in [7, 11) is 1.99. The lowest BCUT2D eigenvalue weighted by atomic mass is 10.2. The number of fused-ring (bicyclic) bond motifs is 1. The third-order valence-corrected chi connectivity index (χ3v) is 4.03. The van der Waals surface area contributed by atoms with Crippen molar-refractivity contribution in [2.45, 2.75) is 6.92 Å². The van der Waals surface area contributed by atoms with Crippen molar-refractivity contribution < 1.29 is 0 Å². The summed E-state index contributed by atoms with van der Waals surface area (Å²) in [6, 6.07) is 12.2. The van der Waals surface area contributed by atoms with Crippen molar-refractivity contribution in [1.82, 2.24) is 9.97 Å². The first-order chi connectivity index (χ1) is 9.69. The van der Waals surface area contributed by atoms with Crippen LogP contribution in [0.15, 0.2) is 36.4 Å². The summed E-state index contributed by atoms with van der Waals surface area (Å²) in [5, 5.41) is 1.04. The molecule has 0 amide bonds. The summed E-state index contributed by atoms with van der Waals surface area (Å²) in [5.41, 5.74) is 3.60. The SMILES string of the molecule is Cc1cc2c(N(C)c3ccccc3)nc(NN)nc2s1. The van der Waals surface area contributed by atoms with E-state index in [0.717, 1.165) is 21.7 Å². The second kappa shape index (κ2) is 5.07. The summed E-state index contributed by atoms with van der Waals surface area (Å²) in [6.45, 7) is 2.06. The van der Waals surface area contributed by atoms with Gasteiger partial charge in [-0.2, -0.15) is 4.98 Å². The van der Waals surface area contributed by atoms with E-state index >= 15 is 0 Å². The Balaban J connectivity index is 2.18. The average Bonchev–Trinajstić information content (AvgIpc) is 2.86. The van der Waals surface area contributed by atoms with Crippen molar-refractivity contribution in [1.29, 1.82) is 0 Å². The fraction of sp³-hybridized carbons (Fsp3) is 0.143. The van der Waals surface area contributed by atoms with Crippen LogP contribution in [0.5, 0.6) is 0 Å². The van der Waals surface area contributed by atoms with Gasteiger partial charge in [-0.15, -0.1) is 11.3 Å². The minimum Gasteiger partial charge on any atom is -0.329 e. The quantitative estimate of drug-likeness (QED) is 0.572. The van der Waals surface area contributed by atoms with Crippen LogP contribution in [-0.2, 0) is 0 Å². The zero-order valence-electron chi connectivity index (χ0n) is 11.3. The molecule has 3 rings (SSSR count). The van der Waals surface area contributed by atoms with E-state index in [1.165, 1.54) is 4.88 Å². The number of aryl methyl sites for hydroxylation is 1. The summed E-state index contributed by atoms with van der Waals surface area (Å²) < 4.78 is 0. The molecule has 0 aliphatic rings. The van der Waals surface area contributed by atoms with Gasteiger partial charge < -0.3 is 4.90 Å². The van der Waals surface area contributed by atoms with Gasteiger partial charge in [0.2, 0.25) is 5.95 Å². The highest BCUT2D eigenvalue weighted by molar-refractivity contribution is 7.18. The minimum absolute atomic E-state index is 0.428. The number of rotatable bonds is 3. The Labute approximate surface area is 121 Å². The zero-order chi connectivity index (χ0) is 14.1. The first kappa shape index (κ1) is 12.8. The molecule has 6 heteroatoms. The van der Waals surface area contributed by atoms with Crippen molar-refractivity contribution >= 4 is 39.0 Å². The van der Waals surface area contributed by atoms with Gasteiger partial charge in [0.1, 0.15) is 10.6 Å². The third kappa shape index (κ3) is 2.19. The van der Waals surface area contributed by atoms with Crippen LogP contribution < -0.4 is 16.2 Å². The van der Waals surface area contributed by atoms with Crippen LogP contribution in [0.25, 0.3) is 10.2 Å². The van der Waals surface area contributed by atoms with Crippen molar-refractivity contribution in [2.75, 3.05) is 17.4 Å². The van der Waals surface area contributed by atoms with Gasteiger partial charge in [-0.3, -0.25) is 5.43 Å². The molecule has 0 bridgehead atoms. The molecular formula is C14H15N5S. The lowest BCUT2D eigenvalue weighted by molar-refractivity contribution is 1.09. The van der Waals surface area contributed by atoms with E-state index in [-0.39, 0.29) is 0 Å². The van der Waals surface area contributed by atoms with Crippen LogP contribution >= 0.6 is 11.3 Å². The number of anilines is 3. The number of benzene rings is 1. The second-order valence-corrected chi connectivity index (χ2v) is 5.72. The van der Waals surface area contributed by atoms with Gasteiger partial charge >= 0.3 is 0 Å². The number of nitrogens with one attached hydrogen (secondary N) is 1. The summed E-state index contributed by atoms with van der Waals surface area (Å²) in [6.07, 6.45) is 0. The standard InChI is InChI=1S/C14H15N5S/c1-9-8-11-12(16-14(18-15)17-13(11)20-9)19(2)10-6-4-3-5-7-10/h3-8H,15H2,1-2H3,(H,16,17,18). The molecular weight excluding hydrogens is 270 g/mol. The summed E-state index contributed by atoms with van der Waals surface area (Å²) in [5.74, 6) is 6.74. The second-order valence-electron chi connectivity index (χ2n) is 4.49. The van der Waals surface area contributed by atoms with E-state index in [1.54, 1.807) is 11.3 Å². The molecule has 0 unspecified atom stereocenters. The normalized spacial score (nSPS) is 10.8. The van der Waals surface area contributed by atoms with Crippen molar-refractivity contribution in [2.24, 2.45) is 5.84 Å². The zero-order valence-corrected chi connectivity index (χ0v) is 12.1. The number of aromatic nitrogens is 2. The topological polar surface area (TPSA) is 67.1 Å². The smallest absolute Gasteiger partial charge is 0.240 e. The van der Waals surface area contributed by atoms with Crippen molar-refractivity contribution in [3.8, 4) is 0 Å². The average molecular weight is 285 g/mol. The Kier molecular flexibility index (Phi) is 3.25. The molecule has 1 aromatic carbocycles. The van der Waals surface area contributed by atoms with Crippen molar-refractivity contribution in [3.63, 3.8) is 0 Å². The van der Waals surface area contributed by atoms with Gasteiger partial charge in [-0.1, -0.05) is 18.2 Å². The first-order valence-corrected chi connectivity index (χ1v) is 7.04.